The molecule has 0 saturated carbocycles. The molecule has 2 aliphatic rings. The maximum atomic E-state index is 12.4. The van der Waals surface area contributed by atoms with Crippen LogP contribution >= 0.6 is 0 Å². The van der Waals surface area contributed by atoms with Crippen molar-refractivity contribution in [2.45, 2.75) is 58.5 Å². The molecule has 0 fully saturated rings. The predicted molar refractivity (Wildman–Crippen MR) is 106 cm³/mol. The van der Waals surface area contributed by atoms with E-state index < -0.39 is 0 Å². The van der Waals surface area contributed by atoms with Gasteiger partial charge >= 0.3 is 0 Å². The molecule has 1 unspecified atom stereocenters. The van der Waals surface area contributed by atoms with E-state index in [9.17, 15) is 10.1 Å². The molecule has 7 heteroatoms. The molecule has 0 radical (unpaired) electrons. The van der Waals surface area contributed by atoms with Gasteiger partial charge in [0.2, 0.25) is 0 Å². The number of hydrogen-bond donors (Lipinski definition) is 2. The third kappa shape index (κ3) is 3.59. The summed E-state index contributed by atoms with van der Waals surface area (Å²) in [5.74, 6) is 1.01. The fourth-order valence-electron chi connectivity index (χ4n) is 4.14. The Bertz CT molecular complexity index is 939. The fraction of sp³-hybridized carbons (Fsp3) is 0.524. The summed E-state index contributed by atoms with van der Waals surface area (Å²) in [5, 5.41) is 20.2. The lowest BCUT2D eigenvalue weighted by Crippen LogP contribution is -2.32. The van der Waals surface area contributed by atoms with Gasteiger partial charge in [-0.2, -0.15) is 10.4 Å². The molecule has 1 aliphatic carbocycles. The van der Waals surface area contributed by atoms with Crippen LogP contribution in [0.3, 0.4) is 0 Å². The van der Waals surface area contributed by atoms with Gasteiger partial charge in [-0.15, -0.1) is 0 Å². The highest BCUT2D eigenvalue weighted by Crippen LogP contribution is 2.27. The van der Waals surface area contributed by atoms with Gasteiger partial charge in [0.15, 0.2) is 0 Å². The number of nitriles is 1. The third-order valence-electron chi connectivity index (χ3n) is 5.57. The smallest absolute Gasteiger partial charge is 0.254 e. The van der Waals surface area contributed by atoms with E-state index in [0.29, 0.717) is 22.9 Å². The minimum atomic E-state index is -0.0584. The number of anilines is 1. The second kappa shape index (κ2) is 7.63. The molecule has 0 aromatic carbocycles. The van der Waals surface area contributed by atoms with Gasteiger partial charge in [0, 0.05) is 24.8 Å². The van der Waals surface area contributed by atoms with E-state index in [2.05, 4.69) is 21.8 Å². The van der Waals surface area contributed by atoms with Gasteiger partial charge in [0.05, 0.1) is 23.0 Å². The van der Waals surface area contributed by atoms with E-state index in [1.54, 1.807) is 6.20 Å². The Morgan fingerprint density at radius 3 is 3.07 bits per heavy atom. The van der Waals surface area contributed by atoms with Crippen molar-refractivity contribution in [1.29, 1.82) is 5.26 Å². The molecular formula is C21H26N6O. The summed E-state index contributed by atoms with van der Waals surface area (Å²) in [6, 6.07) is 4.36. The number of carbonyl (C=O) groups excluding carboxylic acids is 1. The van der Waals surface area contributed by atoms with Gasteiger partial charge < -0.3 is 10.6 Å². The van der Waals surface area contributed by atoms with Crippen LogP contribution in [0.5, 0.6) is 0 Å². The van der Waals surface area contributed by atoms with Crippen LogP contribution in [0, 0.1) is 17.2 Å². The van der Waals surface area contributed by atoms with Crippen LogP contribution in [0.2, 0.25) is 0 Å². The molecule has 0 spiro atoms. The van der Waals surface area contributed by atoms with Crippen molar-refractivity contribution >= 4 is 11.7 Å². The summed E-state index contributed by atoms with van der Waals surface area (Å²) < 4.78 is 1.94. The Kier molecular flexibility index (Phi) is 5.03. The van der Waals surface area contributed by atoms with Gasteiger partial charge in [-0.05, 0) is 63.5 Å². The van der Waals surface area contributed by atoms with E-state index in [0.717, 1.165) is 56.6 Å². The number of aryl methyl sites for hydroxylation is 3. The number of amides is 1. The SMILES string of the molecule is CC(C)NC(=O)c1cnn2c1CC(CNc1nc3c(cc1C#N)CCC3)CC2. The van der Waals surface area contributed by atoms with Crippen molar-refractivity contribution in [1.82, 2.24) is 20.1 Å². The van der Waals surface area contributed by atoms with Crippen LogP contribution in [-0.2, 0) is 25.8 Å². The molecule has 1 aliphatic heterocycles. The molecular weight excluding hydrogens is 352 g/mol. The number of hydrogen-bond acceptors (Lipinski definition) is 5. The van der Waals surface area contributed by atoms with Crippen LogP contribution in [0.1, 0.15) is 59.6 Å². The zero-order valence-electron chi connectivity index (χ0n) is 16.5. The van der Waals surface area contributed by atoms with E-state index in [-0.39, 0.29) is 11.9 Å². The number of aromatic nitrogens is 3. The summed E-state index contributed by atoms with van der Waals surface area (Å²) in [6.45, 7) is 5.45. The average Bonchev–Trinajstić information content (AvgIpc) is 3.30. The highest BCUT2D eigenvalue weighted by atomic mass is 16.1. The van der Waals surface area contributed by atoms with E-state index in [1.165, 1.54) is 5.56 Å². The zero-order chi connectivity index (χ0) is 19.7. The standard InChI is InChI=1S/C21H26N6O/c1-13(2)25-21(28)17-12-24-27-7-6-14(8-19(17)27)11-23-20-16(10-22)9-15-4-3-5-18(15)26-20/h9,12-14H,3-8,11H2,1-2H3,(H,23,26)(H,25,28). The lowest BCUT2D eigenvalue weighted by molar-refractivity contribution is 0.0941. The van der Waals surface area contributed by atoms with Crippen molar-refractivity contribution < 1.29 is 4.79 Å². The second-order valence-electron chi connectivity index (χ2n) is 8.05. The molecule has 0 saturated heterocycles. The quantitative estimate of drug-likeness (QED) is 0.833. The Morgan fingerprint density at radius 1 is 1.43 bits per heavy atom. The molecule has 2 aromatic rings. The lowest BCUT2D eigenvalue weighted by Gasteiger charge is -2.25. The third-order valence-corrected chi connectivity index (χ3v) is 5.57. The summed E-state index contributed by atoms with van der Waals surface area (Å²) in [5.41, 5.74) is 4.63. The highest BCUT2D eigenvalue weighted by Gasteiger charge is 2.26. The van der Waals surface area contributed by atoms with Crippen molar-refractivity contribution in [2.24, 2.45) is 5.92 Å². The van der Waals surface area contributed by atoms with Gasteiger partial charge in [0.25, 0.3) is 5.91 Å². The van der Waals surface area contributed by atoms with Crippen LogP contribution in [-0.4, -0.2) is 33.3 Å². The first kappa shape index (κ1) is 18.5. The molecule has 3 heterocycles. The van der Waals surface area contributed by atoms with Crippen molar-refractivity contribution in [3.8, 4) is 6.07 Å². The topological polar surface area (TPSA) is 95.6 Å². The molecule has 2 aromatic heterocycles. The van der Waals surface area contributed by atoms with Crippen LogP contribution in [0.4, 0.5) is 5.82 Å². The van der Waals surface area contributed by atoms with Crippen molar-refractivity contribution in [3.63, 3.8) is 0 Å². The van der Waals surface area contributed by atoms with Crippen LogP contribution in [0.15, 0.2) is 12.3 Å². The highest BCUT2D eigenvalue weighted by molar-refractivity contribution is 5.95. The van der Waals surface area contributed by atoms with Crippen molar-refractivity contribution in [2.75, 3.05) is 11.9 Å². The van der Waals surface area contributed by atoms with Gasteiger partial charge in [-0.25, -0.2) is 4.98 Å². The minimum Gasteiger partial charge on any atom is -0.369 e. The summed E-state index contributed by atoms with van der Waals surface area (Å²) in [6.07, 6.45) is 6.58. The molecule has 0 bridgehead atoms. The monoisotopic (exact) mass is 378 g/mol. The van der Waals surface area contributed by atoms with E-state index >= 15 is 0 Å². The zero-order valence-corrected chi connectivity index (χ0v) is 16.5. The van der Waals surface area contributed by atoms with E-state index in [1.807, 2.05) is 24.6 Å². The molecule has 7 nitrogen and oxygen atoms in total. The summed E-state index contributed by atoms with van der Waals surface area (Å²) >= 11 is 0. The number of pyridine rings is 1. The number of nitrogens with zero attached hydrogens (tertiary/aromatic N) is 4. The number of rotatable bonds is 5. The maximum Gasteiger partial charge on any atom is 0.254 e. The maximum absolute atomic E-state index is 12.4. The second-order valence-corrected chi connectivity index (χ2v) is 8.05. The van der Waals surface area contributed by atoms with E-state index in [4.69, 9.17) is 4.98 Å². The first-order valence-corrected chi connectivity index (χ1v) is 10.1. The first-order valence-electron chi connectivity index (χ1n) is 10.1. The van der Waals surface area contributed by atoms with Gasteiger partial charge in [0.1, 0.15) is 11.9 Å². The van der Waals surface area contributed by atoms with Crippen LogP contribution in [0.25, 0.3) is 0 Å². The number of fused-ring (bicyclic) bond motifs is 2. The number of nitrogens with one attached hydrogen (secondary N) is 2. The van der Waals surface area contributed by atoms with Crippen LogP contribution < -0.4 is 10.6 Å². The summed E-state index contributed by atoms with van der Waals surface area (Å²) in [4.78, 5) is 17.1. The largest absolute Gasteiger partial charge is 0.369 e. The molecule has 2 N–H and O–H groups in total. The first-order chi connectivity index (χ1) is 13.5. The molecule has 146 valence electrons. The summed E-state index contributed by atoms with van der Waals surface area (Å²) in [7, 11) is 0. The van der Waals surface area contributed by atoms with Gasteiger partial charge in [-0.1, -0.05) is 0 Å². The molecule has 4 rings (SSSR count). The molecule has 1 atom stereocenters. The Labute approximate surface area is 165 Å². The Balaban J connectivity index is 1.45. The Morgan fingerprint density at radius 2 is 2.29 bits per heavy atom. The lowest BCUT2D eigenvalue weighted by atomic mass is 9.94. The Hall–Kier alpha value is -2.88. The molecule has 1 amide bonds. The number of carbonyl (C=O) groups is 1. The van der Waals surface area contributed by atoms with Crippen molar-refractivity contribution in [3.05, 3.63) is 40.3 Å². The minimum absolute atomic E-state index is 0.0584. The predicted octanol–water partition coefficient (Wildman–Crippen LogP) is 2.45. The normalized spacial score (nSPS) is 17.7. The molecule has 28 heavy (non-hydrogen) atoms. The van der Waals surface area contributed by atoms with Gasteiger partial charge in [-0.3, -0.25) is 9.48 Å². The average molecular weight is 378 g/mol. The fourth-order valence-corrected chi connectivity index (χ4v) is 4.14.